The zero-order valence-electron chi connectivity index (χ0n) is 16.2. The molecule has 0 N–H and O–H groups in total. The van der Waals surface area contributed by atoms with Gasteiger partial charge in [-0.2, -0.15) is 9.21 Å². The number of benzene rings is 1. The molecule has 1 aromatic carbocycles. The quantitative estimate of drug-likeness (QED) is 0.758. The van der Waals surface area contributed by atoms with E-state index in [-0.39, 0.29) is 0 Å². The summed E-state index contributed by atoms with van der Waals surface area (Å²) in [6, 6.07) is 7.08. The van der Waals surface area contributed by atoms with Crippen molar-refractivity contribution in [1.82, 2.24) is 14.9 Å². The lowest BCUT2D eigenvalue weighted by Crippen LogP contribution is -2.47. The third kappa shape index (κ3) is 3.82. The molecule has 0 amide bonds. The van der Waals surface area contributed by atoms with E-state index < -0.39 is 9.21 Å². The first-order valence-corrected chi connectivity index (χ1v) is 11.8. The molecule has 1 fully saturated rings. The highest BCUT2D eigenvalue weighted by Gasteiger charge is 2.24. The Balaban J connectivity index is 1.40. The van der Waals surface area contributed by atoms with E-state index in [2.05, 4.69) is 62.9 Å². The molecule has 3 heterocycles. The summed E-state index contributed by atoms with van der Waals surface area (Å²) in [5.74, 6) is 10.1. The molecule has 0 aliphatic carbocycles. The van der Waals surface area contributed by atoms with Crippen LogP contribution in [-0.4, -0.2) is 65.7 Å². The topological polar surface area (TPSA) is 41.5 Å². The first-order valence-electron chi connectivity index (χ1n) is 9.43. The fraction of sp³-hybridized carbons (Fsp3) is 0.429. The highest BCUT2D eigenvalue weighted by molar-refractivity contribution is 8.27. The zero-order chi connectivity index (χ0) is 19.0. The lowest BCUT2D eigenvalue weighted by molar-refractivity contribution is 0.197. The van der Waals surface area contributed by atoms with Crippen LogP contribution in [0.4, 0.5) is 5.95 Å². The number of hydrogen-bond acceptors (Lipinski definition) is 5. The van der Waals surface area contributed by atoms with Crippen LogP contribution in [0.5, 0.6) is 5.75 Å². The second kappa shape index (κ2) is 7.17. The summed E-state index contributed by atoms with van der Waals surface area (Å²) in [5.41, 5.74) is 2.66. The van der Waals surface area contributed by atoms with Gasteiger partial charge in [-0.3, -0.25) is 4.90 Å². The Morgan fingerprint density at radius 2 is 1.81 bits per heavy atom. The third-order valence-corrected chi connectivity index (χ3v) is 6.88. The van der Waals surface area contributed by atoms with E-state index >= 15 is 0 Å². The van der Waals surface area contributed by atoms with E-state index in [4.69, 9.17) is 4.74 Å². The number of anilines is 1. The summed E-state index contributed by atoms with van der Waals surface area (Å²) in [6.07, 6.45) is 6.86. The predicted molar refractivity (Wildman–Crippen MR) is 116 cm³/mol. The van der Waals surface area contributed by atoms with Crippen molar-refractivity contribution in [3.05, 3.63) is 41.7 Å². The number of aromatic nitrogens is 2. The van der Waals surface area contributed by atoms with Crippen molar-refractivity contribution in [3.8, 4) is 5.75 Å². The minimum absolute atomic E-state index is 0.381. The third-order valence-electron chi connectivity index (χ3n) is 5.53. The lowest BCUT2D eigenvalue weighted by atomic mass is 10.0. The molecule has 1 aromatic heterocycles. The van der Waals surface area contributed by atoms with Crippen LogP contribution in [0.1, 0.15) is 24.1 Å². The smallest absolute Gasteiger partial charge is 0.225 e. The molecule has 1 unspecified atom stereocenters. The standard InChI is InChI=1S/C21H28N4OS/c1-16(18-6-5-17-7-12-26-20(17)13-18)24-8-10-25(11-9-24)21-22-14-19(15-23-21)27(2,3)4/h5-6,13-16H,2-3,7-12H2,1,4H3. The highest BCUT2D eigenvalue weighted by Crippen LogP contribution is 2.31. The summed E-state index contributed by atoms with van der Waals surface area (Å²) in [7, 11) is -1.27. The molecular formula is C21H28N4OS. The largest absolute Gasteiger partial charge is 0.493 e. The first kappa shape index (κ1) is 18.3. The SMILES string of the molecule is C=S(=C)(C)c1cnc(N2CCN(C(C)c3ccc4c(c3)OCC4)CC2)nc1. The van der Waals surface area contributed by atoms with Gasteiger partial charge in [-0.05, 0) is 30.4 Å². The molecule has 0 bridgehead atoms. The van der Waals surface area contributed by atoms with Crippen LogP contribution in [0.3, 0.4) is 0 Å². The summed E-state index contributed by atoms with van der Waals surface area (Å²) in [6.45, 7) is 6.96. The number of nitrogens with zero attached hydrogens (tertiary/aromatic N) is 4. The molecular weight excluding hydrogens is 356 g/mol. The van der Waals surface area contributed by atoms with Crippen LogP contribution in [0.2, 0.25) is 0 Å². The molecule has 2 aromatic rings. The van der Waals surface area contributed by atoms with Crippen molar-refractivity contribution in [2.24, 2.45) is 0 Å². The molecule has 1 atom stereocenters. The molecule has 2 aliphatic rings. The normalized spacial score (nSPS) is 18.8. The highest BCUT2D eigenvalue weighted by atomic mass is 32.2. The van der Waals surface area contributed by atoms with Crippen LogP contribution in [-0.2, 0) is 6.42 Å². The second-order valence-electron chi connectivity index (χ2n) is 7.66. The van der Waals surface area contributed by atoms with Gasteiger partial charge in [0.1, 0.15) is 5.75 Å². The van der Waals surface area contributed by atoms with Gasteiger partial charge in [0.15, 0.2) is 0 Å². The van der Waals surface area contributed by atoms with Gasteiger partial charge in [-0.25, -0.2) is 9.97 Å². The molecule has 6 heteroatoms. The van der Waals surface area contributed by atoms with E-state index in [0.717, 1.165) is 55.8 Å². The maximum Gasteiger partial charge on any atom is 0.225 e. The van der Waals surface area contributed by atoms with Crippen LogP contribution >= 0.6 is 9.21 Å². The average Bonchev–Trinajstić information content (AvgIpc) is 3.15. The van der Waals surface area contributed by atoms with Crippen LogP contribution < -0.4 is 9.64 Å². The molecule has 0 saturated carbocycles. The minimum Gasteiger partial charge on any atom is -0.493 e. The fourth-order valence-corrected chi connectivity index (χ4v) is 4.30. The summed E-state index contributed by atoms with van der Waals surface area (Å²) in [4.78, 5) is 14.9. The van der Waals surface area contributed by atoms with E-state index in [9.17, 15) is 0 Å². The molecule has 2 aliphatic heterocycles. The Hall–Kier alpha value is -2.05. The minimum atomic E-state index is -1.27. The summed E-state index contributed by atoms with van der Waals surface area (Å²) >= 11 is 0. The number of ether oxygens (including phenoxy) is 1. The van der Waals surface area contributed by atoms with Gasteiger partial charge < -0.3 is 9.64 Å². The van der Waals surface area contributed by atoms with Crippen LogP contribution in [0, 0.1) is 0 Å². The van der Waals surface area contributed by atoms with Crippen molar-refractivity contribution in [1.29, 1.82) is 0 Å². The predicted octanol–water partition coefficient (Wildman–Crippen LogP) is 2.95. The molecule has 27 heavy (non-hydrogen) atoms. The van der Waals surface area contributed by atoms with E-state index in [1.807, 2.05) is 12.4 Å². The molecule has 1 saturated heterocycles. The van der Waals surface area contributed by atoms with Gasteiger partial charge in [0.05, 0.1) is 6.61 Å². The number of rotatable bonds is 4. The monoisotopic (exact) mass is 384 g/mol. The second-order valence-corrected chi connectivity index (χ2v) is 10.7. The number of fused-ring (bicyclic) bond motifs is 1. The van der Waals surface area contributed by atoms with Crippen molar-refractivity contribution < 1.29 is 4.74 Å². The molecule has 144 valence electrons. The van der Waals surface area contributed by atoms with E-state index in [1.165, 1.54) is 11.1 Å². The van der Waals surface area contributed by atoms with Crippen molar-refractivity contribution in [2.45, 2.75) is 24.3 Å². The van der Waals surface area contributed by atoms with Crippen LogP contribution in [0.15, 0.2) is 35.5 Å². The van der Waals surface area contributed by atoms with Crippen LogP contribution in [0.25, 0.3) is 0 Å². The number of hydrogen-bond donors (Lipinski definition) is 0. The van der Waals surface area contributed by atoms with Gasteiger partial charge in [-0.15, -0.1) is 0 Å². The summed E-state index contributed by atoms with van der Waals surface area (Å²) < 4.78 is 5.73. The first-order chi connectivity index (χ1) is 12.9. The summed E-state index contributed by atoms with van der Waals surface area (Å²) in [5, 5.41) is 0. The van der Waals surface area contributed by atoms with E-state index in [1.54, 1.807) is 0 Å². The maximum atomic E-state index is 5.73. The zero-order valence-corrected chi connectivity index (χ0v) is 17.0. The Morgan fingerprint density at radius 1 is 1.11 bits per heavy atom. The maximum absolute atomic E-state index is 5.73. The van der Waals surface area contributed by atoms with Gasteiger partial charge in [-0.1, -0.05) is 23.9 Å². The molecule has 5 nitrogen and oxygen atoms in total. The van der Waals surface area contributed by atoms with E-state index in [0.29, 0.717) is 6.04 Å². The Labute approximate surface area is 162 Å². The molecule has 0 spiro atoms. The van der Waals surface area contributed by atoms with Crippen molar-refractivity contribution >= 4 is 26.9 Å². The van der Waals surface area contributed by atoms with Gasteiger partial charge in [0.25, 0.3) is 0 Å². The Bertz CT molecular complexity index is 916. The van der Waals surface area contributed by atoms with Crippen molar-refractivity contribution in [3.63, 3.8) is 0 Å². The van der Waals surface area contributed by atoms with Gasteiger partial charge in [0, 0.05) is 55.9 Å². The fourth-order valence-electron chi connectivity index (χ4n) is 3.69. The van der Waals surface area contributed by atoms with Gasteiger partial charge >= 0.3 is 0 Å². The lowest BCUT2D eigenvalue weighted by Gasteiger charge is -2.38. The average molecular weight is 385 g/mol. The Kier molecular flexibility index (Phi) is 4.86. The number of piperazine rings is 1. The molecule has 4 rings (SSSR count). The Morgan fingerprint density at radius 3 is 2.48 bits per heavy atom. The van der Waals surface area contributed by atoms with Crippen molar-refractivity contribution in [2.75, 3.05) is 43.9 Å². The van der Waals surface area contributed by atoms with Gasteiger partial charge in [0.2, 0.25) is 5.95 Å². The molecule has 0 radical (unpaired) electrons.